The Balaban J connectivity index is 1.70. The molecule has 0 atom stereocenters. The minimum absolute atomic E-state index is 0.251. The summed E-state index contributed by atoms with van der Waals surface area (Å²) in [4.78, 5) is 0. The number of benzene rings is 3. The van der Waals surface area contributed by atoms with Gasteiger partial charge in [0.1, 0.15) is 6.61 Å². The monoisotopic (exact) mass is 428 g/mol. The summed E-state index contributed by atoms with van der Waals surface area (Å²) < 4.78 is 11.7. The third kappa shape index (κ3) is 5.89. The second-order valence-corrected chi connectivity index (χ2v) is 7.18. The molecule has 1 N–H and O–H groups in total. The molecule has 3 aromatic carbocycles. The maximum absolute atomic E-state index is 6.22. The molecule has 0 aromatic heterocycles. The average molecular weight is 429 g/mol. The topological polar surface area (TPSA) is 42.8 Å². The summed E-state index contributed by atoms with van der Waals surface area (Å²) in [6, 6.07) is 19.0. The normalized spacial score (nSPS) is 10.9. The molecule has 0 spiro atoms. The Hall–Kier alpha value is -2.69. The van der Waals surface area contributed by atoms with Gasteiger partial charge in [-0.05, 0) is 61.9 Å². The first kappa shape index (κ1) is 21.0. The lowest BCUT2D eigenvalue weighted by Gasteiger charge is -2.14. The smallest absolute Gasteiger partial charge is 0.161 e. The first-order valence-corrected chi connectivity index (χ1v) is 10.0. The van der Waals surface area contributed by atoms with Crippen LogP contribution in [-0.4, -0.2) is 12.8 Å². The lowest BCUT2D eigenvalue weighted by Crippen LogP contribution is -2.01. The highest BCUT2D eigenvalue weighted by atomic mass is 35.5. The molecule has 0 heterocycles. The molecule has 0 fully saturated rings. The summed E-state index contributed by atoms with van der Waals surface area (Å²) in [7, 11) is 0. The van der Waals surface area contributed by atoms with Gasteiger partial charge < -0.3 is 9.47 Å². The Labute approximate surface area is 181 Å². The molecule has 4 nitrogen and oxygen atoms in total. The van der Waals surface area contributed by atoms with Gasteiger partial charge in [0, 0.05) is 15.6 Å². The van der Waals surface area contributed by atoms with E-state index in [0.29, 0.717) is 28.2 Å². The Kier molecular flexibility index (Phi) is 7.39. The molecular weight excluding hydrogens is 407 g/mol. The van der Waals surface area contributed by atoms with E-state index < -0.39 is 0 Å². The molecule has 29 heavy (non-hydrogen) atoms. The molecule has 0 bridgehead atoms. The van der Waals surface area contributed by atoms with Crippen LogP contribution in [0, 0.1) is 6.92 Å². The van der Waals surface area contributed by atoms with E-state index in [2.05, 4.69) is 10.5 Å². The number of halogens is 2. The zero-order valence-electron chi connectivity index (χ0n) is 16.3. The van der Waals surface area contributed by atoms with Gasteiger partial charge in [-0.3, -0.25) is 5.43 Å². The third-order valence-corrected chi connectivity index (χ3v) is 4.87. The van der Waals surface area contributed by atoms with Crippen molar-refractivity contribution in [2.24, 2.45) is 5.10 Å². The van der Waals surface area contributed by atoms with Gasteiger partial charge >= 0.3 is 0 Å². The Morgan fingerprint density at radius 3 is 2.34 bits per heavy atom. The van der Waals surface area contributed by atoms with Crippen LogP contribution in [0.2, 0.25) is 10.0 Å². The van der Waals surface area contributed by atoms with Gasteiger partial charge in [-0.1, -0.05) is 47.0 Å². The zero-order valence-corrected chi connectivity index (χ0v) is 17.8. The number of aryl methyl sites for hydroxylation is 1. The number of nitrogens with one attached hydrogen (secondary N) is 1. The summed E-state index contributed by atoms with van der Waals surface area (Å²) >= 11 is 12.4. The molecule has 0 aliphatic rings. The lowest BCUT2D eigenvalue weighted by atomic mass is 10.2. The number of hydrazone groups is 1. The van der Waals surface area contributed by atoms with Crippen molar-refractivity contribution in [3.63, 3.8) is 0 Å². The van der Waals surface area contributed by atoms with Gasteiger partial charge in [-0.25, -0.2) is 0 Å². The van der Waals surface area contributed by atoms with Gasteiger partial charge in [0.15, 0.2) is 11.5 Å². The van der Waals surface area contributed by atoms with E-state index in [1.807, 2.05) is 56.3 Å². The minimum atomic E-state index is 0.251. The Bertz CT molecular complexity index is 968. The molecule has 6 heteroatoms. The molecule has 150 valence electrons. The van der Waals surface area contributed by atoms with Gasteiger partial charge in [-0.2, -0.15) is 5.10 Å². The van der Waals surface area contributed by atoms with Crippen molar-refractivity contribution in [3.05, 3.63) is 87.4 Å². The van der Waals surface area contributed by atoms with Gasteiger partial charge in [0.2, 0.25) is 0 Å². The molecule has 0 amide bonds. The average Bonchev–Trinajstić information content (AvgIpc) is 2.71. The zero-order chi connectivity index (χ0) is 20.6. The van der Waals surface area contributed by atoms with Crippen molar-refractivity contribution in [1.29, 1.82) is 0 Å². The van der Waals surface area contributed by atoms with E-state index >= 15 is 0 Å². The van der Waals surface area contributed by atoms with Crippen molar-refractivity contribution < 1.29 is 9.47 Å². The van der Waals surface area contributed by atoms with Crippen molar-refractivity contribution >= 4 is 35.1 Å². The SMILES string of the molecule is CCOc1cc(/C=N/Nc2ccc(C)cc2)ccc1OCc1c(Cl)cccc1Cl. The molecule has 0 aliphatic heterocycles. The largest absolute Gasteiger partial charge is 0.490 e. The maximum atomic E-state index is 6.22. The van der Waals surface area contributed by atoms with Crippen LogP contribution in [0.1, 0.15) is 23.6 Å². The summed E-state index contributed by atoms with van der Waals surface area (Å²) in [5, 5.41) is 5.42. The lowest BCUT2D eigenvalue weighted by molar-refractivity contribution is 0.269. The third-order valence-electron chi connectivity index (χ3n) is 4.16. The fourth-order valence-electron chi connectivity index (χ4n) is 2.62. The van der Waals surface area contributed by atoms with E-state index in [1.165, 1.54) is 5.56 Å². The van der Waals surface area contributed by atoms with Crippen molar-refractivity contribution in [2.45, 2.75) is 20.5 Å². The molecule has 0 radical (unpaired) electrons. The second kappa shape index (κ2) is 10.2. The highest BCUT2D eigenvalue weighted by molar-refractivity contribution is 6.35. The van der Waals surface area contributed by atoms with Crippen LogP contribution in [0.15, 0.2) is 65.8 Å². The highest BCUT2D eigenvalue weighted by Crippen LogP contribution is 2.31. The predicted molar refractivity (Wildman–Crippen MR) is 121 cm³/mol. The molecule has 0 unspecified atom stereocenters. The van der Waals surface area contributed by atoms with Crippen molar-refractivity contribution in [2.75, 3.05) is 12.0 Å². The predicted octanol–water partition coefficient (Wildman–Crippen LogP) is 6.73. The molecule has 0 saturated carbocycles. The van der Waals surface area contributed by atoms with E-state index in [9.17, 15) is 0 Å². The minimum Gasteiger partial charge on any atom is -0.490 e. The fraction of sp³-hybridized carbons (Fsp3) is 0.174. The second-order valence-electron chi connectivity index (χ2n) is 6.36. The van der Waals surface area contributed by atoms with Crippen LogP contribution in [-0.2, 0) is 6.61 Å². The van der Waals surface area contributed by atoms with Crippen molar-refractivity contribution in [3.8, 4) is 11.5 Å². The van der Waals surface area contributed by atoms with Crippen LogP contribution in [0.25, 0.3) is 0 Å². The van der Waals surface area contributed by atoms with Gasteiger partial charge in [0.25, 0.3) is 0 Å². The molecule has 0 saturated heterocycles. The van der Waals surface area contributed by atoms with Crippen LogP contribution >= 0.6 is 23.2 Å². The van der Waals surface area contributed by atoms with Crippen LogP contribution in [0.4, 0.5) is 5.69 Å². The summed E-state index contributed by atoms with van der Waals surface area (Å²) in [5.41, 5.74) is 6.77. The Morgan fingerprint density at radius 2 is 1.66 bits per heavy atom. The number of nitrogens with zero attached hydrogens (tertiary/aromatic N) is 1. The number of rotatable bonds is 8. The first-order chi connectivity index (χ1) is 14.1. The molecule has 3 rings (SSSR count). The molecular formula is C23H22Cl2N2O2. The van der Waals surface area contributed by atoms with E-state index in [1.54, 1.807) is 24.4 Å². The number of hydrogen-bond acceptors (Lipinski definition) is 4. The summed E-state index contributed by atoms with van der Waals surface area (Å²) in [6.07, 6.45) is 1.73. The van der Waals surface area contributed by atoms with Crippen LogP contribution in [0.3, 0.4) is 0 Å². The van der Waals surface area contributed by atoms with E-state index in [4.69, 9.17) is 32.7 Å². The maximum Gasteiger partial charge on any atom is 0.161 e. The van der Waals surface area contributed by atoms with Gasteiger partial charge in [-0.15, -0.1) is 0 Å². The quantitative estimate of drug-likeness (QED) is 0.319. The number of ether oxygens (including phenoxy) is 2. The standard InChI is InChI=1S/C23H22Cl2N2O2/c1-3-28-23-13-17(14-26-27-18-10-7-16(2)8-11-18)9-12-22(23)29-15-19-20(24)5-4-6-21(19)25/h4-14,27H,3,15H2,1-2H3/b26-14+. The van der Waals surface area contributed by atoms with Gasteiger partial charge in [0.05, 0.1) is 18.5 Å². The van der Waals surface area contributed by atoms with Crippen LogP contribution < -0.4 is 14.9 Å². The number of hydrogen-bond donors (Lipinski definition) is 1. The number of anilines is 1. The molecule has 0 aliphatic carbocycles. The fourth-order valence-corrected chi connectivity index (χ4v) is 3.13. The van der Waals surface area contributed by atoms with Crippen LogP contribution in [0.5, 0.6) is 11.5 Å². The van der Waals surface area contributed by atoms with Crippen molar-refractivity contribution in [1.82, 2.24) is 0 Å². The summed E-state index contributed by atoms with van der Waals surface area (Å²) in [5.74, 6) is 1.25. The molecule has 3 aromatic rings. The Morgan fingerprint density at radius 1 is 0.931 bits per heavy atom. The van der Waals surface area contributed by atoms with E-state index in [0.717, 1.165) is 16.8 Å². The highest BCUT2D eigenvalue weighted by Gasteiger charge is 2.10. The van der Waals surface area contributed by atoms with E-state index in [-0.39, 0.29) is 6.61 Å². The first-order valence-electron chi connectivity index (χ1n) is 9.25. The summed E-state index contributed by atoms with van der Waals surface area (Å²) in [6.45, 7) is 4.74.